The molecule has 0 aliphatic carbocycles. The quantitative estimate of drug-likeness (QED) is 0.875. The van der Waals surface area contributed by atoms with Crippen LogP contribution in [0.1, 0.15) is 13.3 Å². The molecule has 2 amide bonds. The van der Waals surface area contributed by atoms with E-state index < -0.39 is 6.04 Å². The van der Waals surface area contributed by atoms with Gasteiger partial charge in [-0.15, -0.1) is 0 Å². The van der Waals surface area contributed by atoms with E-state index in [-0.39, 0.29) is 24.3 Å². The Hall–Kier alpha value is -1.59. The van der Waals surface area contributed by atoms with E-state index in [0.29, 0.717) is 23.7 Å². The summed E-state index contributed by atoms with van der Waals surface area (Å²) in [5.41, 5.74) is 6.13. The zero-order valence-electron chi connectivity index (χ0n) is 11.3. The smallest absolute Gasteiger partial charge is 0.249 e. The van der Waals surface area contributed by atoms with Crippen LogP contribution in [0.5, 0.6) is 0 Å². The molecular formula is C14H18ClN3O2. The minimum atomic E-state index is -0.493. The van der Waals surface area contributed by atoms with Crippen LogP contribution in [-0.4, -0.2) is 30.9 Å². The minimum absolute atomic E-state index is 0.129. The average Bonchev–Trinajstić information content (AvgIpc) is 2.80. The van der Waals surface area contributed by atoms with Gasteiger partial charge in [-0.2, -0.15) is 0 Å². The number of carbonyl (C=O) groups is 2. The molecule has 6 heteroatoms. The van der Waals surface area contributed by atoms with Gasteiger partial charge in [0, 0.05) is 19.0 Å². The first-order valence-electron chi connectivity index (χ1n) is 6.61. The number of amides is 2. The highest BCUT2D eigenvalue weighted by atomic mass is 35.5. The maximum absolute atomic E-state index is 12.3. The van der Waals surface area contributed by atoms with Crippen molar-refractivity contribution in [3.8, 4) is 0 Å². The molecule has 0 radical (unpaired) electrons. The zero-order chi connectivity index (χ0) is 14.7. The highest BCUT2D eigenvalue weighted by molar-refractivity contribution is 6.34. The number of nitrogens with zero attached hydrogens (tertiary/aromatic N) is 1. The second-order valence-corrected chi connectivity index (χ2v) is 5.34. The molecule has 2 atom stereocenters. The van der Waals surface area contributed by atoms with E-state index in [9.17, 15) is 9.59 Å². The predicted molar refractivity (Wildman–Crippen MR) is 78.6 cm³/mol. The fourth-order valence-electron chi connectivity index (χ4n) is 2.14. The molecular weight excluding hydrogens is 278 g/mol. The summed E-state index contributed by atoms with van der Waals surface area (Å²) in [6, 6.07) is 6.69. The van der Waals surface area contributed by atoms with Gasteiger partial charge < -0.3 is 16.0 Å². The van der Waals surface area contributed by atoms with Crippen molar-refractivity contribution in [3.63, 3.8) is 0 Å². The first kappa shape index (κ1) is 14.8. The molecule has 108 valence electrons. The van der Waals surface area contributed by atoms with Gasteiger partial charge >= 0.3 is 0 Å². The van der Waals surface area contributed by atoms with Gasteiger partial charge in [0.1, 0.15) is 6.04 Å². The first-order valence-corrected chi connectivity index (χ1v) is 6.98. The summed E-state index contributed by atoms with van der Waals surface area (Å²) in [7, 11) is 0. The Balaban J connectivity index is 2.07. The Morgan fingerprint density at radius 1 is 1.55 bits per heavy atom. The highest BCUT2D eigenvalue weighted by Crippen LogP contribution is 2.28. The maximum atomic E-state index is 12.3. The Bertz CT molecular complexity index is 521. The Kier molecular flexibility index (Phi) is 4.62. The lowest BCUT2D eigenvalue weighted by Gasteiger charge is -2.19. The van der Waals surface area contributed by atoms with E-state index in [0.717, 1.165) is 0 Å². The third kappa shape index (κ3) is 2.94. The molecule has 3 N–H and O–H groups in total. The molecule has 1 aliphatic rings. The van der Waals surface area contributed by atoms with E-state index in [4.69, 9.17) is 17.3 Å². The number of anilines is 1. The lowest BCUT2D eigenvalue weighted by atomic mass is 10.1. The summed E-state index contributed by atoms with van der Waals surface area (Å²) in [5, 5.41) is 3.28. The second-order valence-electron chi connectivity index (χ2n) is 4.93. The van der Waals surface area contributed by atoms with Gasteiger partial charge in [-0.1, -0.05) is 30.7 Å². The Labute approximate surface area is 123 Å². The van der Waals surface area contributed by atoms with Crippen molar-refractivity contribution in [2.24, 2.45) is 11.7 Å². The minimum Gasteiger partial charge on any atom is -0.344 e. The Morgan fingerprint density at radius 2 is 2.25 bits per heavy atom. The number of rotatable bonds is 4. The SMILES string of the molecule is CC(CN)C(=O)NC1CCN(c2ccccc2Cl)C1=O. The summed E-state index contributed by atoms with van der Waals surface area (Å²) in [6.45, 7) is 2.55. The van der Waals surface area contributed by atoms with Crippen molar-refractivity contribution in [2.75, 3.05) is 18.0 Å². The fraction of sp³-hybridized carbons (Fsp3) is 0.429. The standard InChI is InChI=1S/C14H18ClN3O2/c1-9(8-16)13(19)17-11-6-7-18(14(11)20)12-5-3-2-4-10(12)15/h2-5,9,11H,6-8,16H2,1H3,(H,17,19). The molecule has 2 rings (SSSR count). The molecule has 20 heavy (non-hydrogen) atoms. The van der Waals surface area contributed by atoms with Crippen molar-refractivity contribution in [1.29, 1.82) is 0 Å². The predicted octanol–water partition coefficient (Wildman–Crippen LogP) is 1.16. The molecule has 5 nitrogen and oxygen atoms in total. The average molecular weight is 296 g/mol. The summed E-state index contributed by atoms with van der Waals surface area (Å²) in [5.74, 6) is -0.611. The van der Waals surface area contributed by atoms with Crippen LogP contribution in [0, 0.1) is 5.92 Å². The number of hydrogen-bond donors (Lipinski definition) is 2. The van der Waals surface area contributed by atoms with E-state index in [1.54, 1.807) is 24.0 Å². The molecule has 1 fully saturated rings. The van der Waals surface area contributed by atoms with Crippen molar-refractivity contribution in [3.05, 3.63) is 29.3 Å². The molecule has 1 aromatic rings. The molecule has 0 aromatic heterocycles. The number of benzene rings is 1. The van der Waals surface area contributed by atoms with E-state index in [1.165, 1.54) is 0 Å². The fourth-order valence-corrected chi connectivity index (χ4v) is 2.38. The molecule has 1 saturated heterocycles. The van der Waals surface area contributed by atoms with Crippen LogP contribution in [0.3, 0.4) is 0 Å². The van der Waals surface area contributed by atoms with Gasteiger partial charge in [0.2, 0.25) is 11.8 Å². The number of carbonyl (C=O) groups excluding carboxylic acids is 2. The number of nitrogens with two attached hydrogens (primary N) is 1. The molecule has 1 aromatic carbocycles. The van der Waals surface area contributed by atoms with Crippen LogP contribution in [0.4, 0.5) is 5.69 Å². The van der Waals surface area contributed by atoms with Gasteiger partial charge in [0.05, 0.1) is 10.7 Å². The summed E-state index contributed by atoms with van der Waals surface area (Å²) >= 11 is 6.10. The monoisotopic (exact) mass is 295 g/mol. The third-order valence-corrected chi connectivity index (χ3v) is 3.79. The van der Waals surface area contributed by atoms with Gasteiger partial charge in [0.15, 0.2) is 0 Å². The number of halogens is 1. The highest BCUT2D eigenvalue weighted by Gasteiger charge is 2.34. The number of para-hydroxylation sites is 1. The summed E-state index contributed by atoms with van der Waals surface area (Å²) in [4.78, 5) is 25.7. The summed E-state index contributed by atoms with van der Waals surface area (Å²) < 4.78 is 0. The van der Waals surface area contributed by atoms with E-state index >= 15 is 0 Å². The molecule has 0 saturated carbocycles. The first-order chi connectivity index (χ1) is 9.54. The summed E-state index contributed by atoms with van der Waals surface area (Å²) in [6.07, 6.45) is 0.576. The van der Waals surface area contributed by atoms with Gasteiger partial charge in [-0.3, -0.25) is 9.59 Å². The van der Waals surface area contributed by atoms with Crippen LogP contribution in [0.25, 0.3) is 0 Å². The molecule has 0 spiro atoms. The zero-order valence-corrected chi connectivity index (χ0v) is 12.1. The normalized spacial score (nSPS) is 20.1. The van der Waals surface area contributed by atoms with Gasteiger partial charge in [0.25, 0.3) is 0 Å². The van der Waals surface area contributed by atoms with Gasteiger partial charge in [-0.25, -0.2) is 0 Å². The van der Waals surface area contributed by atoms with Crippen LogP contribution in [0.15, 0.2) is 24.3 Å². The van der Waals surface area contributed by atoms with Crippen molar-refractivity contribution in [1.82, 2.24) is 5.32 Å². The topological polar surface area (TPSA) is 75.4 Å². The van der Waals surface area contributed by atoms with E-state index in [2.05, 4.69) is 5.32 Å². The molecule has 1 aliphatic heterocycles. The van der Waals surface area contributed by atoms with Crippen LogP contribution >= 0.6 is 11.6 Å². The number of hydrogen-bond acceptors (Lipinski definition) is 3. The molecule has 1 heterocycles. The molecule has 2 unspecified atom stereocenters. The van der Waals surface area contributed by atoms with Crippen molar-refractivity contribution >= 4 is 29.1 Å². The third-order valence-electron chi connectivity index (χ3n) is 3.47. The second kappa shape index (κ2) is 6.24. The lowest BCUT2D eigenvalue weighted by Crippen LogP contribution is -2.44. The lowest BCUT2D eigenvalue weighted by molar-refractivity contribution is -0.128. The van der Waals surface area contributed by atoms with Gasteiger partial charge in [-0.05, 0) is 18.6 Å². The van der Waals surface area contributed by atoms with Crippen molar-refractivity contribution in [2.45, 2.75) is 19.4 Å². The van der Waals surface area contributed by atoms with Crippen LogP contribution in [0.2, 0.25) is 5.02 Å². The van der Waals surface area contributed by atoms with Crippen LogP contribution < -0.4 is 16.0 Å². The molecule has 0 bridgehead atoms. The number of nitrogens with one attached hydrogen (secondary N) is 1. The maximum Gasteiger partial charge on any atom is 0.249 e. The largest absolute Gasteiger partial charge is 0.344 e. The van der Waals surface area contributed by atoms with Crippen LogP contribution in [-0.2, 0) is 9.59 Å². The van der Waals surface area contributed by atoms with E-state index in [1.807, 2.05) is 12.1 Å². The van der Waals surface area contributed by atoms with Crippen molar-refractivity contribution < 1.29 is 9.59 Å². The Morgan fingerprint density at radius 3 is 2.90 bits per heavy atom.